The number of rotatable bonds is 4. The molecule has 0 atom stereocenters. The minimum Gasteiger partial charge on any atom is -0.363 e. The van der Waals surface area contributed by atoms with Crippen molar-refractivity contribution in [3.8, 4) is 0 Å². The van der Waals surface area contributed by atoms with Gasteiger partial charge in [-0.1, -0.05) is 6.92 Å². The van der Waals surface area contributed by atoms with E-state index in [1.807, 2.05) is 12.1 Å². The Morgan fingerprint density at radius 1 is 1.43 bits per heavy atom. The molecule has 116 valence electrons. The number of aromatic nitrogens is 1. The zero-order valence-corrected chi connectivity index (χ0v) is 13.2. The Labute approximate surface area is 126 Å². The summed E-state index contributed by atoms with van der Waals surface area (Å²) in [4.78, 5) is 17.8. The molecule has 2 rings (SSSR count). The van der Waals surface area contributed by atoms with Gasteiger partial charge in [0.15, 0.2) is 0 Å². The number of nitrogens with zero attached hydrogens (tertiary/aromatic N) is 2. The lowest BCUT2D eigenvalue weighted by atomic mass is 9.77. The zero-order chi connectivity index (χ0) is 15.5. The summed E-state index contributed by atoms with van der Waals surface area (Å²) in [6.45, 7) is 2.90. The highest BCUT2D eigenvalue weighted by Crippen LogP contribution is 2.33. The number of pyridine rings is 1. The summed E-state index contributed by atoms with van der Waals surface area (Å²) in [5, 5.41) is 3.50. The molecule has 1 aliphatic carbocycles. The van der Waals surface area contributed by atoms with E-state index in [1.165, 1.54) is 12.8 Å². The van der Waals surface area contributed by atoms with Gasteiger partial charge in [0, 0.05) is 26.8 Å². The van der Waals surface area contributed by atoms with E-state index in [9.17, 15) is 4.79 Å². The Balaban J connectivity index is 2.07. The highest BCUT2D eigenvalue weighted by atomic mass is 16.2. The molecule has 1 heterocycles. The molecule has 0 bridgehead atoms. The second kappa shape index (κ2) is 6.43. The number of anilines is 1. The van der Waals surface area contributed by atoms with Gasteiger partial charge in [0.05, 0.1) is 11.1 Å². The normalized spacial score (nSPS) is 25.4. The first kappa shape index (κ1) is 15.8. The lowest BCUT2D eigenvalue weighted by Gasteiger charge is -2.39. The molecule has 1 amide bonds. The summed E-state index contributed by atoms with van der Waals surface area (Å²) >= 11 is 0. The van der Waals surface area contributed by atoms with Crippen molar-refractivity contribution in [3.63, 3.8) is 0 Å². The maximum absolute atomic E-state index is 11.8. The van der Waals surface area contributed by atoms with Gasteiger partial charge in [0.2, 0.25) is 0 Å². The van der Waals surface area contributed by atoms with Gasteiger partial charge in [-0.15, -0.1) is 0 Å². The van der Waals surface area contributed by atoms with Crippen LogP contribution in [0, 0.1) is 5.92 Å². The molecular formula is C16H26N4O. The van der Waals surface area contributed by atoms with Crippen LogP contribution in [-0.4, -0.2) is 42.0 Å². The van der Waals surface area contributed by atoms with E-state index in [2.05, 4.69) is 17.2 Å². The number of hydrogen-bond acceptors (Lipinski definition) is 4. The SMILES string of the molecule is CC1CCC(CN)(Nc2ccc(C(=O)N(C)C)cn2)CC1. The Bertz CT molecular complexity index is 476. The van der Waals surface area contributed by atoms with E-state index >= 15 is 0 Å². The molecule has 0 radical (unpaired) electrons. The van der Waals surface area contributed by atoms with Crippen molar-refractivity contribution in [3.05, 3.63) is 23.9 Å². The van der Waals surface area contributed by atoms with Gasteiger partial charge in [-0.25, -0.2) is 4.98 Å². The molecule has 0 aromatic carbocycles. The van der Waals surface area contributed by atoms with Gasteiger partial charge >= 0.3 is 0 Å². The van der Waals surface area contributed by atoms with E-state index in [4.69, 9.17) is 5.73 Å². The van der Waals surface area contributed by atoms with Crippen LogP contribution < -0.4 is 11.1 Å². The number of carbonyl (C=O) groups is 1. The number of carbonyl (C=O) groups excluding carboxylic acids is 1. The predicted molar refractivity (Wildman–Crippen MR) is 85.3 cm³/mol. The molecule has 5 nitrogen and oxygen atoms in total. The summed E-state index contributed by atoms with van der Waals surface area (Å²) in [6, 6.07) is 3.68. The van der Waals surface area contributed by atoms with Gasteiger partial charge in [-0.3, -0.25) is 4.79 Å². The van der Waals surface area contributed by atoms with E-state index in [1.54, 1.807) is 25.2 Å². The van der Waals surface area contributed by atoms with Gasteiger partial charge < -0.3 is 16.0 Å². The van der Waals surface area contributed by atoms with E-state index in [0.29, 0.717) is 12.1 Å². The van der Waals surface area contributed by atoms with Crippen molar-refractivity contribution in [1.29, 1.82) is 0 Å². The molecule has 1 fully saturated rings. The van der Waals surface area contributed by atoms with Gasteiger partial charge in [-0.2, -0.15) is 0 Å². The molecule has 0 unspecified atom stereocenters. The molecule has 5 heteroatoms. The summed E-state index contributed by atoms with van der Waals surface area (Å²) in [7, 11) is 3.47. The summed E-state index contributed by atoms with van der Waals surface area (Å²) < 4.78 is 0. The van der Waals surface area contributed by atoms with Crippen LogP contribution in [0.4, 0.5) is 5.82 Å². The summed E-state index contributed by atoms with van der Waals surface area (Å²) in [5.74, 6) is 1.54. The summed E-state index contributed by atoms with van der Waals surface area (Å²) in [5.41, 5.74) is 6.55. The zero-order valence-electron chi connectivity index (χ0n) is 13.2. The lowest BCUT2D eigenvalue weighted by Crippen LogP contribution is -2.48. The molecule has 1 aliphatic rings. The van der Waals surface area contributed by atoms with Crippen molar-refractivity contribution in [2.45, 2.75) is 38.1 Å². The molecule has 0 spiro atoms. The van der Waals surface area contributed by atoms with E-state index < -0.39 is 0 Å². The van der Waals surface area contributed by atoms with Crippen LogP contribution >= 0.6 is 0 Å². The fourth-order valence-electron chi connectivity index (χ4n) is 2.82. The smallest absolute Gasteiger partial charge is 0.254 e. The first-order chi connectivity index (χ1) is 9.96. The van der Waals surface area contributed by atoms with Gasteiger partial charge in [0.25, 0.3) is 5.91 Å². The molecule has 3 N–H and O–H groups in total. The van der Waals surface area contributed by atoms with Crippen molar-refractivity contribution < 1.29 is 4.79 Å². The monoisotopic (exact) mass is 290 g/mol. The Morgan fingerprint density at radius 2 is 2.10 bits per heavy atom. The van der Waals surface area contributed by atoms with Crippen LogP contribution in [0.15, 0.2) is 18.3 Å². The highest BCUT2D eigenvalue weighted by molar-refractivity contribution is 5.93. The Morgan fingerprint density at radius 3 is 2.57 bits per heavy atom. The molecule has 1 aromatic heterocycles. The Hall–Kier alpha value is -1.62. The van der Waals surface area contributed by atoms with E-state index in [-0.39, 0.29) is 11.4 Å². The maximum Gasteiger partial charge on any atom is 0.254 e. The maximum atomic E-state index is 11.8. The fourth-order valence-corrected chi connectivity index (χ4v) is 2.82. The highest BCUT2D eigenvalue weighted by Gasteiger charge is 2.33. The van der Waals surface area contributed by atoms with Crippen LogP contribution in [0.1, 0.15) is 43.0 Å². The first-order valence-electron chi connectivity index (χ1n) is 7.62. The largest absolute Gasteiger partial charge is 0.363 e. The summed E-state index contributed by atoms with van der Waals surface area (Å²) in [6.07, 6.45) is 6.17. The van der Waals surface area contributed by atoms with Crippen molar-refractivity contribution in [2.24, 2.45) is 11.7 Å². The standard InChI is InChI=1S/C16H26N4O/c1-12-6-8-16(11-17,9-7-12)19-14-5-4-13(10-18-14)15(21)20(2)3/h4-5,10,12H,6-9,11,17H2,1-3H3,(H,18,19). The number of hydrogen-bond donors (Lipinski definition) is 2. The van der Waals surface area contributed by atoms with Crippen LogP contribution in [0.2, 0.25) is 0 Å². The average molecular weight is 290 g/mol. The third kappa shape index (κ3) is 3.73. The van der Waals surface area contributed by atoms with Crippen molar-refractivity contribution in [1.82, 2.24) is 9.88 Å². The third-order valence-electron chi connectivity index (χ3n) is 4.43. The van der Waals surface area contributed by atoms with Crippen LogP contribution in [0.3, 0.4) is 0 Å². The first-order valence-corrected chi connectivity index (χ1v) is 7.62. The van der Waals surface area contributed by atoms with Crippen molar-refractivity contribution >= 4 is 11.7 Å². The van der Waals surface area contributed by atoms with Crippen molar-refractivity contribution in [2.75, 3.05) is 26.0 Å². The Kier molecular flexibility index (Phi) is 4.83. The number of nitrogens with one attached hydrogen (secondary N) is 1. The molecule has 1 aromatic rings. The molecular weight excluding hydrogens is 264 g/mol. The molecule has 0 aliphatic heterocycles. The van der Waals surface area contributed by atoms with Gasteiger partial charge in [-0.05, 0) is 43.7 Å². The van der Waals surface area contributed by atoms with Crippen LogP contribution in [0.5, 0.6) is 0 Å². The number of amides is 1. The minimum atomic E-state index is -0.0490. The quantitative estimate of drug-likeness (QED) is 0.891. The molecule has 1 saturated carbocycles. The van der Waals surface area contributed by atoms with Gasteiger partial charge in [0.1, 0.15) is 5.82 Å². The molecule has 0 saturated heterocycles. The minimum absolute atomic E-state index is 0.0333. The lowest BCUT2D eigenvalue weighted by molar-refractivity contribution is 0.0827. The van der Waals surface area contributed by atoms with Crippen LogP contribution in [0.25, 0.3) is 0 Å². The topological polar surface area (TPSA) is 71.2 Å². The molecule has 21 heavy (non-hydrogen) atoms. The number of nitrogens with two attached hydrogens (primary N) is 1. The second-order valence-corrected chi connectivity index (χ2v) is 6.42. The fraction of sp³-hybridized carbons (Fsp3) is 0.625. The van der Waals surface area contributed by atoms with Crippen LogP contribution in [-0.2, 0) is 0 Å². The average Bonchev–Trinajstić information content (AvgIpc) is 2.50. The third-order valence-corrected chi connectivity index (χ3v) is 4.43. The van der Waals surface area contributed by atoms with E-state index in [0.717, 1.165) is 24.6 Å². The second-order valence-electron chi connectivity index (χ2n) is 6.42. The predicted octanol–water partition coefficient (Wildman–Crippen LogP) is 2.10.